The molecule has 2 aromatic rings. The van der Waals surface area contributed by atoms with Crippen LogP contribution >= 0.6 is 23.2 Å². The highest BCUT2D eigenvalue weighted by atomic mass is 35.5. The third-order valence-electron chi connectivity index (χ3n) is 5.90. The number of aryl methyl sites for hydroxylation is 1. The summed E-state index contributed by atoms with van der Waals surface area (Å²) in [6.07, 6.45) is 6.72. The summed E-state index contributed by atoms with van der Waals surface area (Å²) < 4.78 is 0. The largest absolute Gasteiger partial charge is 0.303 e. The number of hydrogen-bond donors (Lipinski definition) is 0. The first-order valence-corrected chi connectivity index (χ1v) is 12.4. The van der Waals surface area contributed by atoms with Gasteiger partial charge in [-0.15, -0.1) is 23.2 Å². The molecule has 0 amide bonds. The third kappa shape index (κ3) is 9.24. The van der Waals surface area contributed by atoms with Crippen molar-refractivity contribution in [3.63, 3.8) is 0 Å². The average Bonchev–Trinajstić information content (AvgIpc) is 3.12. The van der Waals surface area contributed by atoms with Crippen molar-refractivity contribution in [2.75, 3.05) is 19.6 Å². The van der Waals surface area contributed by atoms with E-state index in [4.69, 9.17) is 28.5 Å². The van der Waals surface area contributed by atoms with Gasteiger partial charge in [-0.25, -0.2) is 0 Å². The fraction of sp³-hybridized carbons (Fsp3) is 0.519. The van der Waals surface area contributed by atoms with Gasteiger partial charge < -0.3 is 4.90 Å². The molecular weight excluding hydrogens is 423 g/mol. The Bertz CT molecular complexity index is 760. The zero-order chi connectivity index (χ0) is 22.5. The normalized spacial score (nSPS) is 20.2. The van der Waals surface area contributed by atoms with Crippen LogP contribution in [0.2, 0.25) is 0 Å². The number of rotatable bonds is 10. The van der Waals surface area contributed by atoms with Gasteiger partial charge in [0, 0.05) is 13.5 Å². The number of nitriles is 1. The van der Waals surface area contributed by atoms with Crippen molar-refractivity contribution in [2.45, 2.75) is 69.0 Å². The lowest BCUT2D eigenvalue weighted by Crippen LogP contribution is -2.28. The molecule has 1 saturated carbocycles. The summed E-state index contributed by atoms with van der Waals surface area (Å²) in [5, 5.41) is 7.55. The lowest BCUT2D eigenvalue weighted by atomic mass is 9.96. The Balaban J connectivity index is 0.00000107. The lowest BCUT2D eigenvalue weighted by Gasteiger charge is -2.21. The second kappa shape index (κ2) is 14.5. The first-order valence-electron chi connectivity index (χ1n) is 11.5. The molecule has 0 bridgehead atoms. The molecule has 168 valence electrons. The molecule has 31 heavy (non-hydrogen) atoms. The summed E-state index contributed by atoms with van der Waals surface area (Å²) in [4.78, 5) is 2.61. The lowest BCUT2D eigenvalue weighted by molar-refractivity contribution is 0.274. The van der Waals surface area contributed by atoms with E-state index in [1.807, 2.05) is 0 Å². The van der Waals surface area contributed by atoms with Crippen molar-refractivity contribution in [1.82, 2.24) is 4.90 Å². The van der Waals surface area contributed by atoms with Gasteiger partial charge in [-0.1, -0.05) is 61.5 Å². The van der Waals surface area contributed by atoms with Crippen molar-refractivity contribution < 1.29 is 0 Å². The van der Waals surface area contributed by atoms with Crippen LogP contribution in [0.4, 0.5) is 0 Å². The summed E-state index contributed by atoms with van der Waals surface area (Å²) >= 11 is 12.6. The molecule has 2 unspecified atom stereocenters. The van der Waals surface area contributed by atoms with Crippen molar-refractivity contribution in [2.24, 2.45) is 0 Å². The minimum absolute atomic E-state index is 0.117. The predicted octanol–water partition coefficient (Wildman–Crippen LogP) is 7.20. The molecule has 1 aliphatic carbocycles. The van der Waals surface area contributed by atoms with Crippen LogP contribution < -0.4 is 0 Å². The van der Waals surface area contributed by atoms with Gasteiger partial charge in [0.05, 0.1) is 16.8 Å². The van der Waals surface area contributed by atoms with E-state index in [0.717, 1.165) is 32.2 Å². The summed E-state index contributed by atoms with van der Waals surface area (Å²) in [6.45, 7) is 7.21. The number of nitrogens with zero attached hydrogens (tertiary/aromatic N) is 2. The highest BCUT2D eigenvalue weighted by Crippen LogP contribution is 2.40. The van der Waals surface area contributed by atoms with E-state index < -0.39 is 0 Å². The van der Waals surface area contributed by atoms with Crippen LogP contribution in [0.1, 0.15) is 62.1 Å². The molecule has 0 aliphatic heterocycles. The molecule has 1 fully saturated rings. The van der Waals surface area contributed by atoms with Crippen LogP contribution in [0.5, 0.6) is 0 Å². The molecule has 0 N–H and O–H groups in total. The van der Waals surface area contributed by atoms with Crippen LogP contribution in [-0.4, -0.2) is 35.3 Å². The van der Waals surface area contributed by atoms with Gasteiger partial charge in [-0.3, -0.25) is 0 Å². The maximum atomic E-state index is 7.32. The number of benzene rings is 2. The van der Waals surface area contributed by atoms with E-state index in [1.165, 1.54) is 49.5 Å². The average molecular weight is 460 g/mol. The Labute approximate surface area is 199 Å². The molecule has 0 spiro atoms. The Hall–Kier alpha value is -1.53. The Kier molecular flexibility index (Phi) is 12.0. The summed E-state index contributed by atoms with van der Waals surface area (Å²) in [7, 11) is 0. The topological polar surface area (TPSA) is 27.0 Å². The minimum atomic E-state index is 0.117. The Morgan fingerprint density at radius 1 is 0.871 bits per heavy atom. The van der Waals surface area contributed by atoms with Crippen molar-refractivity contribution in [3.05, 3.63) is 71.3 Å². The zero-order valence-corrected chi connectivity index (χ0v) is 20.5. The first-order chi connectivity index (χ1) is 15.1. The van der Waals surface area contributed by atoms with E-state index in [1.54, 1.807) is 6.07 Å². The molecule has 2 aromatic carbocycles. The number of hydrogen-bond acceptors (Lipinski definition) is 2. The molecule has 0 aromatic heterocycles. The van der Waals surface area contributed by atoms with Crippen LogP contribution in [0.3, 0.4) is 0 Å². The molecule has 0 heterocycles. The highest BCUT2D eigenvalue weighted by Gasteiger charge is 2.32. The van der Waals surface area contributed by atoms with Gasteiger partial charge in [-0.2, -0.15) is 5.26 Å². The van der Waals surface area contributed by atoms with E-state index in [9.17, 15) is 0 Å². The van der Waals surface area contributed by atoms with E-state index in [2.05, 4.69) is 66.4 Å². The zero-order valence-electron chi connectivity index (χ0n) is 18.9. The van der Waals surface area contributed by atoms with Crippen LogP contribution in [-0.2, 0) is 12.8 Å². The molecule has 2 nitrogen and oxygen atoms in total. The second-order valence-corrected chi connectivity index (χ2v) is 9.47. The van der Waals surface area contributed by atoms with Gasteiger partial charge in [0.1, 0.15) is 0 Å². The van der Waals surface area contributed by atoms with Crippen molar-refractivity contribution in [1.29, 1.82) is 5.26 Å². The highest BCUT2D eigenvalue weighted by molar-refractivity contribution is 6.30. The van der Waals surface area contributed by atoms with E-state index in [0.29, 0.717) is 5.92 Å². The monoisotopic (exact) mass is 458 g/mol. The quantitative estimate of drug-likeness (QED) is 0.352. The smallest absolute Gasteiger partial charge is 0.0587 e. The first kappa shape index (κ1) is 25.7. The van der Waals surface area contributed by atoms with Gasteiger partial charge in [0.2, 0.25) is 0 Å². The van der Waals surface area contributed by atoms with Crippen LogP contribution in [0.15, 0.2) is 54.6 Å². The maximum Gasteiger partial charge on any atom is 0.0587 e. The Morgan fingerprint density at radius 3 is 2.03 bits per heavy atom. The maximum absolute atomic E-state index is 7.32. The third-order valence-corrected chi connectivity index (χ3v) is 7.00. The molecule has 0 radical (unpaired) electrons. The van der Waals surface area contributed by atoms with Gasteiger partial charge >= 0.3 is 0 Å². The van der Waals surface area contributed by atoms with E-state index in [-0.39, 0.29) is 10.8 Å². The minimum Gasteiger partial charge on any atom is -0.303 e. The summed E-state index contributed by atoms with van der Waals surface area (Å²) in [5.74, 6) is 0.525. The summed E-state index contributed by atoms with van der Waals surface area (Å²) in [6, 6.07) is 21.7. The molecule has 2 atom stereocenters. The summed E-state index contributed by atoms with van der Waals surface area (Å²) in [5.41, 5.74) is 4.27. The van der Waals surface area contributed by atoms with E-state index >= 15 is 0 Å². The number of halogens is 2. The standard InChI is InChI=1S/C25H33Cl2N.C2H3N/c1-2-15-28(17-14-20-7-4-3-5-8-20)16-6-9-21-10-12-22(13-11-21)23-18-24(26)25(27)19-23;1-2-3/h3-5,7-8,10-13,23-25H,2,6,9,14-19H2,1H3;1H3. The SMILES string of the molecule is CC#N.CCCN(CCCc1ccc(C2CC(Cl)C(Cl)C2)cc1)CCc1ccccc1. The Morgan fingerprint density at radius 2 is 1.45 bits per heavy atom. The van der Waals surface area contributed by atoms with Crippen molar-refractivity contribution in [3.8, 4) is 6.07 Å². The van der Waals surface area contributed by atoms with Crippen LogP contribution in [0, 0.1) is 11.3 Å². The molecule has 1 aliphatic rings. The number of alkyl halides is 2. The van der Waals surface area contributed by atoms with Crippen molar-refractivity contribution >= 4 is 23.2 Å². The predicted molar refractivity (Wildman–Crippen MR) is 134 cm³/mol. The second-order valence-electron chi connectivity index (χ2n) is 8.35. The fourth-order valence-corrected chi connectivity index (χ4v) is 4.89. The van der Waals surface area contributed by atoms with Gasteiger partial charge in [0.25, 0.3) is 0 Å². The van der Waals surface area contributed by atoms with Gasteiger partial charge in [-0.05, 0) is 74.2 Å². The fourth-order valence-electron chi connectivity index (χ4n) is 4.25. The molecule has 4 heteroatoms. The molecule has 0 saturated heterocycles. The van der Waals surface area contributed by atoms with Gasteiger partial charge in [0.15, 0.2) is 0 Å². The molecule has 3 rings (SSSR count). The van der Waals surface area contributed by atoms with Crippen LogP contribution in [0.25, 0.3) is 0 Å². The molecular formula is C27H36Cl2N2.